The van der Waals surface area contributed by atoms with Crippen LogP contribution in [0, 0.1) is 11.7 Å². The number of nitrogens with one attached hydrogen (secondary N) is 1. The number of halogens is 1. The van der Waals surface area contributed by atoms with Gasteiger partial charge in [-0.15, -0.1) is 0 Å². The van der Waals surface area contributed by atoms with Crippen molar-refractivity contribution in [1.82, 2.24) is 20.2 Å². The average molecular weight is 386 g/mol. The van der Waals surface area contributed by atoms with E-state index in [0.29, 0.717) is 38.2 Å². The van der Waals surface area contributed by atoms with E-state index in [2.05, 4.69) is 15.3 Å². The van der Waals surface area contributed by atoms with Crippen LogP contribution < -0.4 is 5.32 Å². The minimum absolute atomic E-state index is 0.0940. The molecule has 0 spiro atoms. The molecule has 3 rings (SSSR count). The summed E-state index contributed by atoms with van der Waals surface area (Å²) >= 11 is 0. The molecule has 2 amide bonds. The van der Waals surface area contributed by atoms with Gasteiger partial charge in [-0.25, -0.2) is 19.2 Å². The molecule has 2 atom stereocenters. The van der Waals surface area contributed by atoms with Gasteiger partial charge >= 0.3 is 6.03 Å². The van der Waals surface area contributed by atoms with Gasteiger partial charge in [0.1, 0.15) is 11.6 Å². The van der Waals surface area contributed by atoms with Crippen LogP contribution in [0.25, 0.3) is 0 Å². The number of hydrogen-bond acceptors (Lipinski definition) is 4. The van der Waals surface area contributed by atoms with Crippen molar-refractivity contribution >= 4 is 6.03 Å². The van der Waals surface area contributed by atoms with Crippen LogP contribution in [0.15, 0.2) is 30.5 Å². The SMILES string of the molecule is CC[C@@H](NC(=O)N1CCc2cnc(C[C@@H](C)CO)nc2C1)c1ccc(F)cc1. The molecule has 1 aliphatic rings. The number of amides is 2. The number of fused-ring (bicyclic) bond motifs is 1. The molecule has 2 heterocycles. The van der Waals surface area contributed by atoms with E-state index < -0.39 is 0 Å². The molecule has 0 saturated heterocycles. The van der Waals surface area contributed by atoms with Crippen molar-refractivity contribution in [3.05, 3.63) is 58.9 Å². The van der Waals surface area contributed by atoms with Gasteiger partial charge in [-0.3, -0.25) is 0 Å². The molecule has 6 nitrogen and oxygen atoms in total. The topological polar surface area (TPSA) is 78.4 Å². The van der Waals surface area contributed by atoms with Gasteiger partial charge in [0.05, 0.1) is 18.3 Å². The molecule has 0 aliphatic carbocycles. The summed E-state index contributed by atoms with van der Waals surface area (Å²) in [6, 6.07) is 5.92. The number of hydrogen-bond donors (Lipinski definition) is 2. The Morgan fingerprint density at radius 1 is 1.36 bits per heavy atom. The van der Waals surface area contributed by atoms with Gasteiger partial charge in [0.2, 0.25) is 0 Å². The number of carbonyl (C=O) groups is 1. The fraction of sp³-hybridized carbons (Fsp3) is 0.476. The second kappa shape index (κ2) is 9.10. The van der Waals surface area contributed by atoms with Crippen molar-refractivity contribution in [2.75, 3.05) is 13.2 Å². The summed E-state index contributed by atoms with van der Waals surface area (Å²) in [5, 5.41) is 12.3. The van der Waals surface area contributed by atoms with Gasteiger partial charge in [-0.2, -0.15) is 0 Å². The summed E-state index contributed by atoms with van der Waals surface area (Å²) in [4.78, 5) is 23.5. The summed E-state index contributed by atoms with van der Waals surface area (Å²) < 4.78 is 13.2. The summed E-state index contributed by atoms with van der Waals surface area (Å²) in [6.45, 7) is 5.07. The van der Waals surface area contributed by atoms with Crippen molar-refractivity contribution in [2.24, 2.45) is 5.92 Å². The molecule has 0 fully saturated rings. The molecule has 1 aromatic heterocycles. The molecule has 7 heteroatoms. The predicted octanol–water partition coefficient (Wildman–Crippen LogP) is 3.01. The Labute approximate surface area is 164 Å². The Morgan fingerprint density at radius 2 is 2.11 bits per heavy atom. The maximum atomic E-state index is 13.2. The molecule has 1 aliphatic heterocycles. The molecule has 0 saturated carbocycles. The van der Waals surface area contributed by atoms with Crippen molar-refractivity contribution in [2.45, 2.75) is 45.7 Å². The number of aliphatic hydroxyl groups is 1. The van der Waals surface area contributed by atoms with E-state index in [0.717, 1.165) is 16.8 Å². The van der Waals surface area contributed by atoms with E-state index in [9.17, 15) is 14.3 Å². The number of aromatic nitrogens is 2. The highest BCUT2D eigenvalue weighted by Gasteiger charge is 2.24. The first-order valence-electron chi connectivity index (χ1n) is 9.75. The lowest BCUT2D eigenvalue weighted by molar-refractivity contribution is 0.186. The minimum Gasteiger partial charge on any atom is -0.396 e. The van der Waals surface area contributed by atoms with Gasteiger partial charge in [0.25, 0.3) is 0 Å². The van der Waals surface area contributed by atoms with Gasteiger partial charge < -0.3 is 15.3 Å². The van der Waals surface area contributed by atoms with Crippen LogP contribution in [-0.2, 0) is 19.4 Å². The lowest BCUT2D eigenvalue weighted by Gasteiger charge is -2.30. The molecular weight excluding hydrogens is 359 g/mol. The fourth-order valence-electron chi connectivity index (χ4n) is 3.35. The van der Waals surface area contributed by atoms with E-state index in [1.807, 2.05) is 20.0 Å². The zero-order valence-electron chi connectivity index (χ0n) is 16.4. The third-order valence-electron chi connectivity index (χ3n) is 5.10. The number of nitrogens with zero attached hydrogens (tertiary/aromatic N) is 3. The molecule has 150 valence electrons. The van der Waals surface area contributed by atoms with Gasteiger partial charge in [0.15, 0.2) is 0 Å². The average Bonchev–Trinajstić information content (AvgIpc) is 2.72. The first-order chi connectivity index (χ1) is 13.5. The summed E-state index contributed by atoms with van der Waals surface area (Å²) in [7, 11) is 0. The minimum atomic E-state index is -0.288. The van der Waals surface area contributed by atoms with Crippen LogP contribution in [0.5, 0.6) is 0 Å². The molecule has 0 radical (unpaired) electrons. The smallest absolute Gasteiger partial charge is 0.318 e. The quantitative estimate of drug-likeness (QED) is 0.800. The summed E-state index contributed by atoms with van der Waals surface area (Å²) in [6.07, 6.45) is 3.88. The van der Waals surface area contributed by atoms with Crippen LogP contribution in [-0.4, -0.2) is 39.2 Å². The second-order valence-electron chi connectivity index (χ2n) is 7.38. The van der Waals surface area contributed by atoms with Gasteiger partial charge in [0, 0.05) is 25.8 Å². The van der Waals surface area contributed by atoms with Crippen molar-refractivity contribution in [1.29, 1.82) is 0 Å². The first kappa shape index (κ1) is 20.2. The maximum absolute atomic E-state index is 13.2. The molecule has 0 bridgehead atoms. The predicted molar refractivity (Wildman–Crippen MR) is 104 cm³/mol. The largest absolute Gasteiger partial charge is 0.396 e. The fourth-order valence-corrected chi connectivity index (χ4v) is 3.35. The Bertz CT molecular complexity index is 813. The van der Waals surface area contributed by atoms with E-state index in [1.54, 1.807) is 17.0 Å². The van der Waals surface area contributed by atoms with Crippen LogP contribution in [0.1, 0.15) is 49.0 Å². The molecule has 2 aromatic rings. The standard InChI is InChI=1S/C21H27FN4O2/c1-3-18(15-4-6-17(22)7-5-15)25-21(28)26-9-8-16-11-23-20(10-14(2)13-27)24-19(16)12-26/h4-7,11,14,18,27H,3,8-10,12-13H2,1-2H3,(H,25,28)/t14-,18-/m1/s1. The van der Waals surface area contributed by atoms with E-state index in [1.165, 1.54) is 12.1 Å². The first-order valence-corrected chi connectivity index (χ1v) is 9.75. The molecule has 0 unspecified atom stereocenters. The second-order valence-corrected chi connectivity index (χ2v) is 7.38. The zero-order valence-corrected chi connectivity index (χ0v) is 16.4. The lowest BCUT2D eigenvalue weighted by atomic mass is 10.0. The third-order valence-corrected chi connectivity index (χ3v) is 5.10. The van der Waals surface area contributed by atoms with Gasteiger partial charge in [-0.1, -0.05) is 26.0 Å². The van der Waals surface area contributed by atoms with Crippen molar-refractivity contribution in [3.63, 3.8) is 0 Å². The number of benzene rings is 1. The third kappa shape index (κ3) is 4.84. The lowest BCUT2D eigenvalue weighted by Crippen LogP contribution is -2.44. The zero-order chi connectivity index (χ0) is 20.1. The highest BCUT2D eigenvalue weighted by atomic mass is 19.1. The Hall–Kier alpha value is -2.54. The van der Waals surface area contributed by atoms with E-state index >= 15 is 0 Å². The highest BCUT2D eigenvalue weighted by Crippen LogP contribution is 2.20. The van der Waals surface area contributed by atoms with Crippen LogP contribution in [0.4, 0.5) is 9.18 Å². The summed E-state index contributed by atoms with van der Waals surface area (Å²) in [5.41, 5.74) is 2.82. The summed E-state index contributed by atoms with van der Waals surface area (Å²) in [5.74, 6) is 0.506. The maximum Gasteiger partial charge on any atom is 0.318 e. The van der Waals surface area contributed by atoms with Crippen LogP contribution in [0.3, 0.4) is 0 Å². The normalized spacial score (nSPS) is 15.6. The number of aliphatic hydroxyl groups excluding tert-OH is 1. The molecule has 28 heavy (non-hydrogen) atoms. The van der Waals surface area contributed by atoms with Gasteiger partial charge in [-0.05, 0) is 42.0 Å². The Morgan fingerprint density at radius 3 is 2.79 bits per heavy atom. The van der Waals surface area contributed by atoms with E-state index in [4.69, 9.17) is 0 Å². The number of rotatable bonds is 6. The number of carbonyl (C=O) groups excluding carboxylic acids is 1. The van der Waals surface area contributed by atoms with E-state index in [-0.39, 0.29) is 30.4 Å². The molecule has 1 aromatic carbocycles. The molecular formula is C21H27FN4O2. The Kier molecular flexibility index (Phi) is 6.57. The van der Waals surface area contributed by atoms with Crippen LogP contribution in [0.2, 0.25) is 0 Å². The Balaban J connectivity index is 1.67. The highest BCUT2D eigenvalue weighted by molar-refractivity contribution is 5.75. The van der Waals surface area contributed by atoms with Crippen molar-refractivity contribution in [3.8, 4) is 0 Å². The number of urea groups is 1. The monoisotopic (exact) mass is 386 g/mol. The van der Waals surface area contributed by atoms with Crippen molar-refractivity contribution < 1.29 is 14.3 Å². The molecule has 2 N–H and O–H groups in total. The van der Waals surface area contributed by atoms with Crippen LogP contribution >= 0.6 is 0 Å².